The molecule has 1 amide bonds. The largest absolute Gasteiger partial charge is 0.370 e. The fourth-order valence-corrected chi connectivity index (χ4v) is 3.38. The highest BCUT2D eigenvalue weighted by Crippen LogP contribution is 2.15. The van der Waals surface area contributed by atoms with Crippen molar-refractivity contribution in [2.24, 2.45) is 5.10 Å². The number of amides is 1. The van der Waals surface area contributed by atoms with Crippen molar-refractivity contribution in [1.29, 1.82) is 0 Å². The molecule has 0 atom stereocenters. The topological polar surface area (TPSA) is 55.1 Å². The molecule has 23 heavy (non-hydrogen) atoms. The van der Waals surface area contributed by atoms with Gasteiger partial charge in [-0.1, -0.05) is 44.9 Å². The molecule has 2 fully saturated rings. The van der Waals surface area contributed by atoms with Crippen LogP contribution < -0.4 is 10.3 Å². The zero-order valence-corrected chi connectivity index (χ0v) is 14.6. The van der Waals surface area contributed by atoms with Gasteiger partial charge in [-0.2, -0.15) is 5.10 Å². The van der Waals surface area contributed by atoms with Crippen LogP contribution in [0.1, 0.15) is 70.6 Å². The molecular formula is C18H34N3O2+. The van der Waals surface area contributed by atoms with Crippen LogP contribution in [0.5, 0.6) is 0 Å². The molecule has 0 radical (unpaired) electrons. The van der Waals surface area contributed by atoms with Crippen molar-refractivity contribution in [1.82, 2.24) is 5.43 Å². The van der Waals surface area contributed by atoms with Crippen molar-refractivity contribution in [3.05, 3.63) is 0 Å². The van der Waals surface area contributed by atoms with Gasteiger partial charge in [0.05, 0.1) is 13.2 Å². The molecule has 0 aromatic carbocycles. The van der Waals surface area contributed by atoms with Crippen LogP contribution in [0.2, 0.25) is 0 Å². The maximum atomic E-state index is 12.1. The third-order valence-corrected chi connectivity index (χ3v) is 4.88. The molecule has 1 aliphatic carbocycles. The van der Waals surface area contributed by atoms with E-state index >= 15 is 0 Å². The van der Waals surface area contributed by atoms with Gasteiger partial charge in [0, 0.05) is 5.71 Å². The second kappa shape index (κ2) is 11.6. The van der Waals surface area contributed by atoms with Crippen molar-refractivity contribution in [3.8, 4) is 0 Å². The highest BCUT2D eigenvalue weighted by atomic mass is 16.5. The van der Waals surface area contributed by atoms with Gasteiger partial charge in [-0.15, -0.1) is 0 Å². The van der Waals surface area contributed by atoms with Crippen LogP contribution in [-0.2, 0) is 9.53 Å². The highest BCUT2D eigenvalue weighted by molar-refractivity contribution is 5.86. The van der Waals surface area contributed by atoms with Gasteiger partial charge in [0.1, 0.15) is 13.1 Å². The number of carbonyl (C=O) groups is 1. The first-order valence-electron chi connectivity index (χ1n) is 9.60. The summed E-state index contributed by atoms with van der Waals surface area (Å²) < 4.78 is 5.32. The van der Waals surface area contributed by atoms with Gasteiger partial charge in [0.25, 0.3) is 5.91 Å². The average Bonchev–Trinajstić information content (AvgIpc) is 2.55. The number of rotatable bonds is 3. The van der Waals surface area contributed by atoms with Gasteiger partial charge in [-0.05, 0) is 25.7 Å². The number of hydrazone groups is 1. The molecule has 1 saturated heterocycles. The number of quaternary nitrogens is 1. The quantitative estimate of drug-likeness (QED) is 0.776. The van der Waals surface area contributed by atoms with Crippen molar-refractivity contribution in [3.63, 3.8) is 0 Å². The van der Waals surface area contributed by atoms with Crippen molar-refractivity contribution in [2.75, 3.05) is 32.8 Å². The Labute approximate surface area is 140 Å². The molecule has 0 unspecified atom stereocenters. The van der Waals surface area contributed by atoms with Gasteiger partial charge in [-0.3, -0.25) is 4.79 Å². The Morgan fingerprint density at radius 3 is 2.00 bits per heavy atom. The van der Waals surface area contributed by atoms with Crippen molar-refractivity contribution in [2.45, 2.75) is 70.6 Å². The van der Waals surface area contributed by atoms with E-state index in [-0.39, 0.29) is 5.91 Å². The van der Waals surface area contributed by atoms with E-state index in [0.29, 0.717) is 6.54 Å². The van der Waals surface area contributed by atoms with Crippen LogP contribution in [0.4, 0.5) is 0 Å². The molecule has 1 saturated carbocycles. The summed E-state index contributed by atoms with van der Waals surface area (Å²) in [5.41, 5.74) is 3.99. The lowest BCUT2D eigenvalue weighted by atomic mass is 10.00. The van der Waals surface area contributed by atoms with E-state index in [9.17, 15) is 4.79 Å². The van der Waals surface area contributed by atoms with Crippen molar-refractivity contribution < 1.29 is 14.4 Å². The summed E-state index contributed by atoms with van der Waals surface area (Å²) in [7, 11) is 0. The number of carbonyl (C=O) groups excluding carboxylic acids is 1. The van der Waals surface area contributed by atoms with E-state index < -0.39 is 0 Å². The van der Waals surface area contributed by atoms with E-state index in [1.807, 2.05) is 0 Å². The molecule has 132 valence electrons. The van der Waals surface area contributed by atoms with Gasteiger partial charge < -0.3 is 9.64 Å². The standard InChI is InChI=1S/C18H33N3O2/c22-18(16-21-12-14-23-15-13-21)20-19-17-10-8-6-4-2-1-3-5-7-9-11-17/h1-16H2,(H,20,22)/p+1. The fraction of sp³-hybridized carbons (Fsp3) is 0.889. The Hall–Kier alpha value is -0.940. The second-order valence-electron chi connectivity index (χ2n) is 6.93. The van der Waals surface area contributed by atoms with Crippen LogP contribution in [-0.4, -0.2) is 44.5 Å². The average molecular weight is 324 g/mol. The molecular weight excluding hydrogens is 290 g/mol. The first-order chi connectivity index (χ1) is 11.3. The highest BCUT2D eigenvalue weighted by Gasteiger charge is 2.17. The number of nitrogens with one attached hydrogen (secondary N) is 2. The van der Waals surface area contributed by atoms with Gasteiger partial charge in [-0.25, -0.2) is 5.43 Å². The lowest BCUT2D eigenvalue weighted by Gasteiger charge is -2.22. The molecule has 2 rings (SSSR count). The molecule has 1 heterocycles. The summed E-state index contributed by atoms with van der Waals surface area (Å²) >= 11 is 0. The number of nitrogens with zero attached hydrogens (tertiary/aromatic N) is 1. The van der Waals surface area contributed by atoms with Crippen LogP contribution in [0.25, 0.3) is 0 Å². The smallest absolute Gasteiger partial charge is 0.295 e. The van der Waals surface area contributed by atoms with Gasteiger partial charge in [0.2, 0.25) is 0 Å². The second-order valence-corrected chi connectivity index (χ2v) is 6.93. The minimum atomic E-state index is 0.0421. The SMILES string of the molecule is O=C(C[NH+]1CCOCC1)NN=C1CCCCCCCCCCC1. The summed E-state index contributed by atoms with van der Waals surface area (Å²) in [5, 5.41) is 4.45. The monoisotopic (exact) mass is 324 g/mol. The Morgan fingerprint density at radius 2 is 1.43 bits per heavy atom. The third kappa shape index (κ3) is 8.47. The fourth-order valence-electron chi connectivity index (χ4n) is 3.38. The lowest BCUT2D eigenvalue weighted by molar-refractivity contribution is -0.900. The van der Waals surface area contributed by atoms with Crippen LogP contribution >= 0.6 is 0 Å². The third-order valence-electron chi connectivity index (χ3n) is 4.88. The van der Waals surface area contributed by atoms with E-state index in [1.165, 1.54) is 68.4 Å². The molecule has 2 N–H and O–H groups in total. The van der Waals surface area contributed by atoms with E-state index in [4.69, 9.17) is 4.74 Å². The van der Waals surface area contributed by atoms with Crippen LogP contribution in [0.15, 0.2) is 5.10 Å². The van der Waals surface area contributed by atoms with Gasteiger partial charge >= 0.3 is 0 Å². The van der Waals surface area contributed by atoms with E-state index in [1.54, 1.807) is 0 Å². The van der Waals surface area contributed by atoms with E-state index in [0.717, 1.165) is 39.1 Å². The Bertz CT molecular complexity index is 351. The van der Waals surface area contributed by atoms with Gasteiger partial charge in [0.15, 0.2) is 6.54 Å². The Balaban J connectivity index is 1.73. The van der Waals surface area contributed by atoms with Crippen molar-refractivity contribution >= 4 is 11.6 Å². The molecule has 5 nitrogen and oxygen atoms in total. The first kappa shape index (κ1) is 18.4. The zero-order chi connectivity index (χ0) is 16.2. The number of hydrogen-bond donors (Lipinski definition) is 2. The minimum Gasteiger partial charge on any atom is -0.370 e. The molecule has 2 aliphatic rings. The minimum absolute atomic E-state index is 0.0421. The maximum absolute atomic E-state index is 12.1. The summed E-state index contributed by atoms with van der Waals surface area (Å²) in [6, 6.07) is 0. The number of morpholine rings is 1. The summed E-state index contributed by atoms with van der Waals surface area (Å²) in [6.45, 7) is 3.88. The summed E-state index contributed by atoms with van der Waals surface area (Å²) in [5.74, 6) is 0.0421. The summed E-state index contributed by atoms with van der Waals surface area (Å²) in [4.78, 5) is 13.4. The molecule has 0 aromatic heterocycles. The predicted octanol–water partition coefficient (Wildman–Crippen LogP) is 1.68. The van der Waals surface area contributed by atoms with E-state index in [2.05, 4.69) is 10.5 Å². The Morgan fingerprint density at radius 1 is 0.913 bits per heavy atom. The predicted molar refractivity (Wildman–Crippen MR) is 92.7 cm³/mol. The van der Waals surface area contributed by atoms with Crippen LogP contribution in [0.3, 0.4) is 0 Å². The number of hydrogen-bond acceptors (Lipinski definition) is 3. The lowest BCUT2D eigenvalue weighted by Crippen LogP contribution is -3.15. The molecule has 1 aliphatic heterocycles. The Kier molecular flexibility index (Phi) is 9.26. The molecule has 0 bridgehead atoms. The normalized spacial score (nSPS) is 22.7. The molecule has 5 heteroatoms. The van der Waals surface area contributed by atoms with Crippen LogP contribution in [0, 0.1) is 0 Å². The number of ether oxygens (including phenoxy) is 1. The zero-order valence-electron chi connectivity index (χ0n) is 14.6. The summed E-state index contributed by atoms with van der Waals surface area (Å²) in [6.07, 6.45) is 14.0. The maximum Gasteiger partial charge on any atom is 0.295 e. The first-order valence-corrected chi connectivity index (χ1v) is 9.60. The molecule has 0 aromatic rings. The molecule has 0 spiro atoms.